The molecule has 6 nitrogen and oxygen atoms in total. The highest BCUT2D eigenvalue weighted by Gasteiger charge is 2.07. The number of ether oxygens (including phenoxy) is 5. The molecule has 0 bridgehead atoms. The molecular formula is C24H25NO5. The van der Waals surface area contributed by atoms with Crippen molar-refractivity contribution in [3.8, 4) is 23.3 Å². The number of allylic oxidation sites excluding steroid dienone is 1. The molecule has 0 fully saturated rings. The highest BCUT2D eigenvalue weighted by Crippen LogP contribution is 2.30. The maximum Gasteiger partial charge on any atom is 0.161 e. The Morgan fingerprint density at radius 2 is 1.57 bits per heavy atom. The first kappa shape index (κ1) is 22.4. The van der Waals surface area contributed by atoms with E-state index in [9.17, 15) is 5.26 Å². The number of nitriles is 1. The second kappa shape index (κ2) is 12.6. The van der Waals surface area contributed by atoms with Gasteiger partial charge in [-0.15, -0.1) is 0 Å². The van der Waals surface area contributed by atoms with E-state index in [-0.39, 0.29) is 0 Å². The second-order valence-corrected chi connectivity index (χ2v) is 5.88. The van der Waals surface area contributed by atoms with Crippen LogP contribution in [0.4, 0.5) is 0 Å². The lowest BCUT2D eigenvalue weighted by Gasteiger charge is -2.11. The second-order valence-electron chi connectivity index (χ2n) is 5.88. The Morgan fingerprint density at radius 1 is 0.900 bits per heavy atom. The molecule has 0 radical (unpaired) electrons. The minimum absolute atomic E-state index is 0.370. The molecule has 30 heavy (non-hydrogen) atoms. The molecule has 2 aromatic rings. The lowest BCUT2D eigenvalue weighted by atomic mass is 10.0. The molecule has 0 atom stereocenters. The number of methoxy groups -OCH3 is 1. The van der Waals surface area contributed by atoms with Gasteiger partial charge in [-0.1, -0.05) is 19.2 Å². The summed E-state index contributed by atoms with van der Waals surface area (Å²) in [6, 6.07) is 15.0. The van der Waals surface area contributed by atoms with E-state index in [1.807, 2.05) is 36.4 Å². The average Bonchev–Trinajstić information content (AvgIpc) is 2.79. The van der Waals surface area contributed by atoms with Gasteiger partial charge >= 0.3 is 0 Å². The number of hydrogen-bond donors (Lipinski definition) is 0. The first-order chi connectivity index (χ1) is 14.7. The number of rotatable bonds is 13. The van der Waals surface area contributed by atoms with Crippen molar-refractivity contribution in [2.75, 3.05) is 33.5 Å². The van der Waals surface area contributed by atoms with Gasteiger partial charge in [0.05, 0.1) is 31.3 Å². The van der Waals surface area contributed by atoms with Crippen molar-refractivity contribution in [2.24, 2.45) is 0 Å². The van der Waals surface area contributed by atoms with Gasteiger partial charge in [-0.3, -0.25) is 0 Å². The maximum absolute atomic E-state index is 9.60. The quantitative estimate of drug-likeness (QED) is 0.205. The summed E-state index contributed by atoms with van der Waals surface area (Å²) in [6.07, 6.45) is 4.54. The Kier molecular flexibility index (Phi) is 9.41. The van der Waals surface area contributed by atoms with Crippen molar-refractivity contribution in [1.82, 2.24) is 0 Å². The minimum Gasteiger partial charge on any atom is -0.498 e. The van der Waals surface area contributed by atoms with Crippen LogP contribution in [0.2, 0.25) is 0 Å². The first-order valence-corrected chi connectivity index (χ1v) is 9.32. The smallest absolute Gasteiger partial charge is 0.161 e. The lowest BCUT2D eigenvalue weighted by Crippen LogP contribution is -2.04. The summed E-state index contributed by atoms with van der Waals surface area (Å²) >= 11 is 0. The van der Waals surface area contributed by atoms with Gasteiger partial charge in [-0.05, 0) is 53.6 Å². The Morgan fingerprint density at radius 3 is 2.17 bits per heavy atom. The van der Waals surface area contributed by atoms with E-state index in [0.717, 1.165) is 11.1 Å². The van der Waals surface area contributed by atoms with E-state index >= 15 is 0 Å². The van der Waals surface area contributed by atoms with Gasteiger partial charge in [0.25, 0.3) is 0 Å². The molecule has 6 heteroatoms. The summed E-state index contributed by atoms with van der Waals surface area (Å²) in [7, 11) is 1.57. The molecule has 0 spiro atoms. The predicted octanol–water partition coefficient (Wildman–Crippen LogP) is 4.84. The normalized spacial score (nSPS) is 10.5. The summed E-state index contributed by atoms with van der Waals surface area (Å²) in [4.78, 5) is 0. The van der Waals surface area contributed by atoms with Crippen LogP contribution >= 0.6 is 0 Å². The number of hydrogen-bond acceptors (Lipinski definition) is 6. The van der Waals surface area contributed by atoms with Crippen LogP contribution in [0.15, 0.2) is 68.1 Å². The summed E-state index contributed by atoms with van der Waals surface area (Å²) in [6.45, 7) is 8.57. The zero-order valence-electron chi connectivity index (χ0n) is 17.0. The van der Waals surface area contributed by atoms with Crippen LogP contribution < -0.4 is 14.2 Å². The zero-order valence-corrected chi connectivity index (χ0v) is 17.0. The van der Waals surface area contributed by atoms with E-state index < -0.39 is 0 Å². The predicted molar refractivity (Wildman–Crippen MR) is 116 cm³/mol. The van der Waals surface area contributed by atoms with Gasteiger partial charge < -0.3 is 23.7 Å². The third kappa shape index (κ3) is 6.95. The fourth-order valence-electron chi connectivity index (χ4n) is 2.54. The van der Waals surface area contributed by atoms with Crippen LogP contribution in [0.1, 0.15) is 11.1 Å². The zero-order chi connectivity index (χ0) is 21.6. The summed E-state index contributed by atoms with van der Waals surface area (Å²) in [5, 5.41) is 9.60. The van der Waals surface area contributed by atoms with E-state index in [2.05, 4.69) is 19.2 Å². The van der Waals surface area contributed by atoms with Crippen LogP contribution in [0.25, 0.3) is 11.6 Å². The highest BCUT2D eigenvalue weighted by atomic mass is 16.5. The fraction of sp³-hybridized carbons (Fsp3) is 0.208. The SMILES string of the molecule is C=COCCOc1ccc(C(C#N)=Cc2ccc(OCCOC=C)c(OC)c2)cc1. The maximum atomic E-state index is 9.60. The first-order valence-electron chi connectivity index (χ1n) is 9.32. The third-order valence-corrected chi connectivity index (χ3v) is 3.95. The molecule has 2 aromatic carbocycles. The molecule has 0 aliphatic carbocycles. The van der Waals surface area contributed by atoms with Crippen LogP contribution in [-0.2, 0) is 9.47 Å². The topological polar surface area (TPSA) is 69.9 Å². The summed E-state index contributed by atoms with van der Waals surface area (Å²) in [5.41, 5.74) is 2.12. The molecule has 0 aliphatic heterocycles. The van der Waals surface area contributed by atoms with E-state index in [1.165, 1.54) is 12.5 Å². The van der Waals surface area contributed by atoms with Gasteiger partial charge in [0.2, 0.25) is 0 Å². The van der Waals surface area contributed by atoms with E-state index in [4.69, 9.17) is 23.7 Å². The average molecular weight is 407 g/mol. The molecule has 0 saturated carbocycles. The van der Waals surface area contributed by atoms with Gasteiger partial charge in [-0.2, -0.15) is 5.26 Å². The Balaban J connectivity index is 2.10. The highest BCUT2D eigenvalue weighted by molar-refractivity contribution is 5.90. The van der Waals surface area contributed by atoms with Crippen LogP contribution in [0.5, 0.6) is 17.2 Å². The van der Waals surface area contributed by atoms with Gasteiger partial charge in [0.15, 0.2) is 11.5 Å². The van der Waals surface area contributed by atoms with Crippen LogP contribution in [-0.4, -0.2) is 33.5 Å². The van der Waals surface area contributed by atoms with Gasteiger partial charge in [-0.25, -0.2) is 0 Å². The Bertz CT molecular complexity index is 897. The molecule has 0 unspecified atom stereocenters. The summed E-state index contributed by atoms with van der Waals surface area (Å²) < 4.78 is 26.7. The lowest BCUT2D eigenvalue weighted by molar-refractivity contribution is 0.176. The molecule has 0 aromatic heterocycles. The van der Waals surface area contributed by atoms with Crippen LogP contribution in [0, 0.1) is 11.3 Å². The van der Waals surface area contributed by atoms with Crippen molar-refractivity contribution < 1.29 is 23.7 Å². The van der Waals surface area contributed by atoms with Crippen molar-refractivity contribution in [1.29, 1.82) is 5.26 Å². The minimum atomic E-state index is 0.370. The number of benzene rings is 2. The van der Waals surface area contributed by atoms with Gasteiger partial charge in [0, 0.05) is 0 Å². The van der Waals surface area contributed by atoms with Crippen molar-refractivity contribution in [3.05, 3.63) is 79.3 Å². The molecule has 0 amide bonds. The molecule has 0 aliphatic rings. The third-order valence-electron chi connectivity index (χ3n) is 3.95. The van der Waals surface area contributed by atoms with Crippen LogP contribution in [0.3, 0.4) is 0 Å². The molecule has 0 heterocycles. The molecular weight excluding hydrogens is 382 g/mol. The Hall–Kier alpha value is -3.85. The van der Waals surface area contributed by atoms with E-state index in [1.54, 1.807) is 19.3 Å². The van der Waals surface area contributed by atoms with E-state index in [0.29, 0.717) is 49.2 Å². The standard InChI is InChI=1S/C24H25NO5/c1-4-27-12-14-29-22-9-7-20(8-10-22)21(18-25)16-19-6-11-23(24(17-19)26-3)30-15-13-28-5-2/h4-11,16-17H,1-2,12-15H2,3H3. The molecule has 0 N–H and O–H groups in total. The molecule has 0 saturated heterocycles. The Labute approximate surface area is 177 Å². The monoisotopic (exact) mass is 407 g/mol. The van der Waals surface area contributed by atoms with Gasteiger partial charge in [0.1, 0.15) is 32.2 Å². The fourth-order valence-corrected chi connectivity index (χ4v) is 2.54. The largest absolute Gasteiger partial charge is 0.498 e. The number of nitrogens with zero attached hydrogens (tertiary/aromatic N) is 1. The summed E-state index contributed by atoms with van der Waals surface area (Å²) in [5.74, 6) is 1.88. The van der Waals surface area contributed by atoms with Crippen molar-refractivity contribution >= 4 is 11.6 Å². The molecule has 2 rings (SSSR count). The van der Waals surface area contributed by atoms with Crippen molar-refractivity contribution in [2.45, 2.75) is 0 Å². The van der Waals surface area contributed by atoms with Crippen molar-refractivity contribution in [3.63, 3.8) is 0 Å². The molecule has 156 valence electrons.